The van der Waals surface area contributed by atoms with E-state index in [0.717, 1.165) is 0 Å². The fourth-order valence-electron chi connectivity index (χ4n) is 2.91. The average Bonchev–Trinajstić information content (AvgIpc) is 2.80. The molecule has 0 radical (unpaired) electrons. The highest BCUT2D eigenvalue weighted by Crippen LogP contribution is 2.71. The number of anilines is 1. The summed E-state index contributed by atoms with van der Waals surface area (Å²) in [6.45, 7) is 1.90. The number of para-hydroxylation sites is 1. The first-order chi connectivity index (χ1) is 8.48. The van der Waals surface area contributed by atoms with Crippen molar-refractivity contribution in [2.75, 3.05) is 10.7 Å². The van der Waals surface area contributed by atoms with E-state index < -0.39 is 10.2 Å². The highest BCUT2D eigenvalue weighted by atomic mass is 32.1. The second-order valence-electron chi connectivity index (χ2n) is 5.09. The summed E-state index contributed by atoms with van der Waals surface area (Å²) in [6, 6.07) is 8.99. The third-order valence-electron chi connectivity index (χ3n) is 4.18. The Balaban J connectivity index is 2.02. The molecule has 1 saturated heterocycles. The summed E-state index contributed by atoms with van der Waals surface area (Å²) in [7, 11) is 0. The van der Waals surface area contributed by atoms with Crippen molar-refractivity contribution in [2.24, 2.45) is 11.3 Å². The molecule has 1 heterocycles. The van der Waals surface area contributed by atoms with Crippen LogP contribution in [0.25, 0.3) is 0 Å². The molecule has 3 rings (SSSR count). The predicted molar refractivity (Wildman–Crippen MR) is 76.1 cm³/mol. The number of nitrogens with zero attached hydrogens (tertiary/aromatic N) is 1. The molecule has 1 aromatic rings. The molecule has 3 unspecified atom stereocenters. The van der Waals surface area contributed by atoms with Gasteiger partial charge in [0.1, 0.15) is 4.75 Å². The van der Waals surface area contributed by atoms with Crippen LogP contribution < -0.4 is 4.90 Å². The Bertz CT molecular complexity index is 547. The Morgan fingerprint density at radius 3 is 2.33 bits per heavy atom. The number of fused-ring (bicyclic) bond motifs is 1. The van der Waals surface area contributed by atoms with Crippen LogP contribution in [0.4, 0.5) is 5.69 Å². The largest absolute Gasteiger partial charge is 0.274 e. The maximum absolute atomic E-state index is 12.4. The van der Waals surface area contributed by atoms with E-state index in [1.807, 2.05) is 25.1 Å². The molecule has 94 valence electrons. The molecule has 5 heteroatoms. The van der Waals surface area contributed by atoms with Crippen LogP contribution in [0.3, 0.4) is 0 Å². The van der Waals surface area contributed by atoms with E-state index in [1.165, 1.54) is 4.90 Å². The molecule has 1 aliphatic carbocycles. The SMILES string of the molecule is CC1(CS)C2C(=O)N(c3ccccc3)C(=O)C21S. The molecule has 18 heavy (non-hydrogen) atoms. The standard InChI is InChI=1S/C13H13NO2S2/c1-12(7-17)9-10(15)14(11(16)13(9,12)18)8-5-3-2-4-6-8/h2-6,9,17-18H,7H2,1H3. The minimum atomic E-state index is -0.873. The number of carbonyl (C=O) groups excluding carboxylic acids is 2. The number of amides is 2. The average molecular weight is 279 g/mol. The first-order valence-electron chi connectivity index (χ1n) is 5.75. The molecular weight excluding hydrogens is 266 g/mol. The summed E-state index contributed by atoms with van der Waals surface area (Å²) in [5.74, 6) is -0.235. The molecule has 2 aliphatic rings. The Kier molecular flexibility index (Phi) is 2.38. The van der Waals surface area contributed by atoms with Crippen LogP contribution >= 0.6 is 25.3 Å². The molecule has 2 fully saturated rings. The van der Waals surface area contributed by atoms with Gasteiger partial charge in [-0.15, -0.1) is 0 Å². The number of benzene rings is 1. The van der Waals surface area contributed by atoms with Crippen LogP contribution in [0.5, 0.6) is 0 Å². The number of rotatable bonds is 2. The minimum absolute atomic E-state index is 0.155. The van der Waals surface area contributed by atoms with E-state index in [0.29, 0.717) is 11.4 Å². The van der Waals surface area contributed by atoms with Crippen molar-refractivity contribution in [3.8, 4) is 0 Å². The molecule has 0 bridgehead atoms. The zero-order valence-corrected chi connectivity index (χ0v) is 11.6. The number of hydrogen-bond acceptors (Lipinski definition) is 4. The van der Waals surface area contributed by atoms with Crippen molar-refractivity contribution >= 4 is 42.8 Å². The summed E-state index contributed by atoms with van der Waals surface area (Å²) in [5, 5.41) is 0. The number of carbonyl (C=O) groups is 2. The predicted octanol–water partition coefficient (Wildman–Crippen LogP) is 1.79. The lowest BCUT2D eigenvalue weighted by atomic mass is 10.0. The van der Waals surface area contributed by atoms with Crippen LogP contribution in [0.15, 0.2) is 30.3 Å². The van der Waals surface area contributed by atoms with Gasteiger partial charge in [-0.2, -0.15) is 25.3 Å². The van der Waals surface area contributed by atoms with Gasteiger partial charge in [0, 0.05) is 5.41 Å². The van der Waals surface area contributed by atoms with E-state index in [2.05, 4.69) is 25.3 Å². The van der Waals surface area contributed by atoms with Crippen molar-refractivity contribution in [3.05, 3.63) is 30.3 Å². The van der Waals surface area contributed by atoms with Crippen molar-refractivity contribution in [3.63, 3.8) is 0 Å². The highest BCUT2D eigenvalue weighted by molar-refractivity contribution is 7.84. The third kappa shape index (κ3) is 1.14. The third-order valence-corrected chi connectivity index (χ3v) is 5.80. The van der Waals surface area contributed by atoms with Gasteiger partial charge in [0.2, 0.25) is 5.91 Å². The second-order valence-corrected chi connectivity index (χ2v) is 6.11. The fourth-order valence-corrected chi connectivity index (χ4v) is 4.11. The van der Waals surface area contributed by atoms with Gasteiger partial charge < -0.3 is 0 Å². The number of thiol groups is 2. The van der Waals surface area contributed by atoms with Crippen LogP contribution in [0.1, 0.15) is 6.92 Å². The molecule has 1 aliphatic heterocycles. The van der Waals surface area contributed by atoms with E-state index in [1.54, 1.807) is 12.1 Å². The molecule has 0 aromatic heterocycles. The molecule has 3 nitrogen and oxygen atoms in total. The molecule has 2 amide bonds. The van der Waals surface area contributed by atoms with E-state index >= 15 is 0 Å². The van der Waals surface area contributed by atoms with Crippen molar-refractivity contribution < 1.29 is 9.59 Å². The molecule has 0 N–H and O–H groups in total. The summed E-state index contributed by atoms with van der Waals surface area (Å²) in [4.78, 5) is 26.1. The van der Waals surface area contributed by atoms with Crippen LogP contribution in [0, 0.1) is 11.3 Å². The van der Waals surface area contributed by atoms with Gasteiger partial charge >= 0.3 is 0 Å². The molecule has 1 aromatic carbocycles. The van der Waals surface area contributed by atoms with E-state index in [9.17, 15) is 9.59 Å². The maximum atomic E-state index is 12.4. The van der Waals surface area contributed by atoms with Gasteiger partial charge in [0.15, 0.2) is 0 Å². The molecule has 0 spiro atoms. The monoisotopic (exact) mass is 279 g/mol. The van der Waals surface area contributed by atoms with Gasteiger partial charge in [-0.3, -0.25) is 9.59 Å². The Morgan fingerprint density at radius 1 is 1.28 bits per heavy atom. The van der Waals surface area contributed by atoms with Crippen LogP contribution in [-0.4, -0.2) is 22.3 Å². The van der Waals surface area contributed by atoms with E-state index in [-0.39, 0.29) is 17.7 Å². The smallest absolute Gasteiger partial charge is 0.251 e. The second kappa shape index (κ2) is 3.54. The first kappa shape index (κ1) is 12.1. The summed E-state index contributed by atoms with van der Waals surface area (Å²) < 4.78 is -0.873. The van der Waals surface area contributed by atoms with Gasteiger partial charge in [-0.25, -0.2) is 4.90 Å². The first-order valence-corrected chi connectivity index (χ1v) is 6.83. The number of imide groups is 1. The molecule has 1 saturated carbocycles. The lowest BCUT2D eigenvalue weighted by Crippen LogP contribution is -2.41. The molecule has 3 atom stereocenters. The summed E-state index contributed by atoms with van der Waals surface area (Å²) in [6.07, 6.45) is 0. The topological polar surface area (TPSA) is 37.4 Å². The fraction of sp³-hybridized carbons (Fsp3) is 0.385. The lowest BCUT2D eigenvalue weighted by molar-refractivity contribution is -0.124. The maximum Gasteiger partial charge on any atom is 0.251 e. The van der Waals surface area contributed by atoms with Crippen molar-refractivity contribution in [1.82, 2.24) is 0 Å². The van der Waals surface area contributed by atoms with Crippen molar-refractivity contribution in [1.29, 1.82) is 0 Å². The number of hydrogen-bond donors (Lipinski definition) is 2. The van der Waals surface area contributed by atoms with Crippen LogP contribution in [0.2, 0.25) is 0 Å². The van der Waals surface area contributed by atoms with Gasteiger partial charge in [-0.05, 0) is 17.9 Å². The zero-order valence-electron chi connectivity index (χ0n) is 9.83. The van der Waals surface area contributed by atoms with Gasteiger partial charge in [0.25, 0.3) is 5.91 Å². The summed E-state index contributed by atoms with van der Waals surface area (Å²) in [5.41, 5.74) is 0.202. The normalized spacial score (nSPS) is 37.9. The lowest BCUT2D eigenvalue weighted by Gasteiger charge is -2.23. The van der Waals surface area contributed by atoms with E-state index in [4.69, 9.17) is 0 Å². The Hall–Kier alpha value is -0.940. The minimum Gasteiger partial charge on any atom is -0.274 e. The van der Waals surface area contributed by atoms with Gasteiger partial charge in [0.05, 0.1) is 11.6 Å². The van der Waals surface area contributed by atoms with Crippen LogP contribution in [-0.2, 0) is 9.59 Å². The van der Waals surface area contributed by atoms with Crippen molar-refractivity contribution in [2.45, 2.75) is 11.7 Å². The quantitative estimate of drug-likeness (QED) is 0.640. The molecular formula is C13H13NO2S2. The Morgan fingerprint density at radius 2 is 1.89 bits per heavy atom. The zero-order chi connectivity index (χ0) is 13.1. The Labute approximate surface area is 116 Å². The number of piperidine rings is 1. The summed E-state index contributed by atoms with van der Waals surface area (Å²) >= 11 is 8.74. The van der Waals surface area contributed by atoms with Gasteiger partial charge in [-0.1, -0.05) is 25.1 Å². The highest BCUT2D eigenvalue weighted by Gasteiger charge is 2.84.